The summed E-state index contributed by atoms with van der Waals surface area (Å²) in [5.41, 5.74) is 1.30. The third-order valence-corrected chi connectivity index (χ3v) is 14.6. The van der Waals surface area contributed by atoms with Crippen molar-refractivity contribution in [3.8, 4) is 0 Å². The van der Waals surface area contributed by atoms with Crippen molar-refractivity contribution in [1.29, 1.82) is 0 Å². The average Bonchev–Trinajstić information content (AvgIpc) is 2.91. The minimum absolute atomic E-state index is 0.00545. The summed E-state index contributed by atoms with van der Waals surface area (Å²) in [7, 11) is -2.33. The highest BCUT2D eigenvalue weighted by atomic mass is 28.4. The molecule has 0 saturated heterocycles. The molecule has 0 bridgehead atoms. The van der Waals surface area contributed by atoms with Crippen molar-refractivity contribution in [2.75, 3.05) is 6.54 Å². The van der Waals surface area contributed by atoms with Gasteiger partial charge in [-0.1, -0.05) is 77.4 Å². The Morgan fingerprint density at radius 1 is 1.02 bits per heavy atom. The summed E-state index contributed by atoms with van der Waals surface area (Å²) in [5, 5.41) is 11.3. The van der Waals surface area contributed by atoms with Gasteiger partial charge >= 0.3 is 6.09 Å². The molecule has 1 fully saturated rings. The first-order chi connectivity index (χ1) is 21.4. The molecule has 1 amide bonds. The minimum atomic E-state index is -2.33. The van der Waals surface area contributed by atoms with Crippen LogP contribution in [0.25, 0.3) is 0 Å². The number of benzene rings is 1. The molecular weight excluding hydrogens is 607 g/mol. The van der Waals surface area contributed by atoms with E-state index in [-0.39, 0.29) is 52.9 Å². The number of hydrogen-bond acceptors (Lipinski definition) is 6. The molecule has 1 aliphatic carbocycles. The molecule has 0 spiro atoms. The van der Waals surface area contributed by atoms with E-state index in [1.165, 1.54) is 0 Å². The van der Waals surface area contributed by atoms with Crippen molar-refractivity contribution in [3.05, 3.63) is 47.5 Å². The van der Waals surface area contributed by atoms with Crippen LogP contribution in [0.15, 0.2) is 42.0 Å². The van der Waals surface area contributed by atoms with E-state index < -0.39 is 38.0 Å². The SMILES string of the molecule is CC(C)=CC(=O)[C@H]1[C@H](CC(=O)C(C)C[C@H](C)CN(C(=O)OC(C)(C)C)[C@H](C)c2ccccc2)[C@H](O[Si](C)(C)C(C)(C)C)[C@H](O)C[C@@H]1C. The van der Waals surface area contributed by atoms with E-state index >= 15 is 0 Å². The van der Waals surface area contributed by atoms with E-state index in [1.807, 2.05) is 85.7 Å². The minimum Gasteiger partial charge on any atom is -0.444 e. The third kappa shape index (κ3) is 11.7. The Morgan fingerprint density at radius 3 is 2.11 bits per heavy atom. The highest BCUT2D eigenvalue weighted by Gasteiger charge is 2.50. The number of allylic oxidation sites excluding steroid dienone is 2. The number of Topliss-reactive ketones (excluding diaryl/α,β-unsaturated/α-hetero) is 1. The van der Waals surface area contributed by atoms with E-state index in [9.17, 15) is 19.5 Å². The van der Waals surface area contributed by atoms with Crippen LogP contribution in [-0.4, -0.2) is 60.3 Å². The van der Waals surface area contributed by atoms with E-state index in [4.69, 9.17) is 9.16 Å². The number of carbonyl (C=O) groups excluding carboxylic acids is 3. The molecule has 0 aromatic heterocycles. The van der Waals surface area contributed by atoms with Gasteiger partial charge in [0.15, 0.2) is 14.1 Å². The van der Waals surface area contributed by atoms with Crippen LogP contribution >= 0.6 is 0 Å². The van der Waals surface area contributed by atoms with Crippen LogP contribution in [0, 0.1) is 29.6 Å². The number of amides is 1. The molecule has 1 unspecified atom stereocenters. The van der Waals surface area contributed by atoms with E-state index in [0.717, 1.165) is 11.1 Å². The average molecular weight is 672 g/mol. The fourth-order valence-electron chi connectivity index (χ4n) is 6.57. The topological polar surface area (TPSA) is 93.1 Å². The van der Waals surface area contributed by atoms with Crippen molar-refractivity contribution in [2.24, 2.45) is 29.6 Å². The number of aliphatic hydroxyl groups is 1. The van der Waals surface area contributed by atoms with Gasteiger partial charge in [-0.3, -0.25) is 9.59 Å². The largest absolute Gasteiger partial charge is 0.444 e. The Morgan fingerprint density at radius 2 is 1.60 bits per heavy atom. The normalized spacial score (nSPS) is 24.1. The summed E-state index contributed by atoms with van der Waals surface area (Å²) in [6, 6.07) is 9.69. The predicted molar refractivity (Wildman–Crippen MR) is 194 cm³/mol. The van der Waals surface area contributed by atoms with E-state index in [0.29, 0.717) is 19.4 Å². The third-order valence-electron chi connectivity index (χ3n) is 10.1. The van der Waals surface area contributed by atoms with Crippen LogP contribution in [0.2, 0.25) is 18.1 Å². The lowest BCUT2D eigenvalue weighted by Crippen LogP contribution is -2.56. The van der Waals surface area contributed by atoms with Gasteiger partial charge in [0, 0.05) is 30.7 Å². The first-order valence-corrected chi connectivity index (χ1v) is 20.5. The van der Waals surface area contributed by atoms with Crippen LogP contribution < -0.4 is 0 Å². The Kier molecular flexibility index (Phi) is 14.3. The Labute approximate surface area is 287 Å². The number of hydrogen-bond donors (Lipinski definition) is 1. The lowest BCUT2D eigenvalue weighted by atomic mass is 9.65. The quantitative estimate of drug-likeness (QED) is 0.166. The molecule has 0 heterocycles. The number of carbonyl (C=O) groups is 3. The highest BCUT2D eigenvalue weighted by Crippen LogP contribution is 2.45. The lowest BCUT2D eigenvalue weighted by Gasteiger charge is -2.48. The first-order valence-electron chi connectivity index (χ1n) is 17.6. The van der Waals surface area contributed by atoms with E-state index in [2.05, 4.69) is 40.8 Å². The molecule has 1 N–H and O–H groups in total. The number of rotatable bonds is 13. The van der Waals surface area contributed by atoms with Gasteiger partial charge in [0.2, 0.25) is 0 Å². The number of ether oxygens (including phenoxy) is 1. The zero-order chi connectivity index (χ0) is 36.1. The van der Waals surface area contributed by atoms with Gasteiger partial charge in [0.05, 0.1) is 18.2 Å². The highest BCUT2D eigenvalue weighted by molar-refractivity contribution is 6.74. The van der Waals surface area contributed by atoms with Crippen LogP contribution in [-0.2, 0) is 18.8 Å². The van der Waals surface area contributed by atoms with Crippen molar-refractivity contribution < 1.29 is 28.7 Å². The summed E-state index contributed by atoms with van der Waals surface area (Å²) >= 11 is 0. The summed E-state index contributed by atoms with van der Waals surface area (Å²) in [5.74, 6) is -1.15. The zero-order valence-corrected chi connectivity index (χ0v) is 32.8. The predicted octanol–water partition coefficient (Wildman–Crippen LogP) is 9.17. The molecular formula is C39H65NO6Si. The summed E-state index contributed by atoms with van der Waals surface area (Å²) < 4.78 is 12.7. The molecule has 1 aromatic carbocycles. The Balaban J connectivity index is 2.34. The molecule has 266 valence electrons. The first kappa shape index (κ1) is 40.9. The van der Waals surface area contributed by atoms with Gasteiger partial charge in [-0.15, -0.1) is 0 Å². The van der Waals surface area contributed by atoms with Crippen LogP contribution in [0.1, 0.15) is 114 Å². The molecule has 1 aromatic rings. The van der Waals surface area contributed by atoms with Gasteiger partial charge in [0.1, 0.15) is 11.4 Å². The maximum Gasteiger partial charge on any atom is 0.410 e. The van der Waals surface area contributed by atoms with Crippen LogP contribution in [0.4, 0.5) is 4.79 Å². The molecule has 1 aliphatic rings. The van der Waals surface area contributed by atoms with Gasteiger partial charge < -0.3 is 19.2 Å². The van der Waals surface area contributed by atoms with Gasteiger partial charge in [0.25, 0.3) is 0 Å². The second-order valence-electron chi connectivity index (χ2n) is 17.1. The standard InChI is InChI=1S/C39H65NO6Si/c1-25(2)20-33(42)35-28(5)22-34(43)36(46-47(13,14)39(10,11)12)31(35)23-32(41)27(4)21-26(3)24-40(37(44)45-38(7,8)9)29(6)30-18-16-15-17-19-30/h15-20,26-29,31,34-36,43H,21-24H2,1-14H3/t26-,27?,28-,29+,31-,34+,35+,36-/m0/s1. The molecule has 0 radical (unpaired) electrons. The number of nitrogens with zero attached hydrogens (tertiary/aromatic N) is 1. The summed E-state index contributed by atoms with van der Waals surface area (Å²) in [6.45, 7) is 28.6. The molecule has 47 heavy (non-hydrogen) atoms. The zero-order valence-electron chi connectivity index (χ0n) is 31.8. The van der Waals surface area contributed by atoms with Gasteiger partial charge in [-0.2, -0.15) is 0 Å². The summed E-state index contributed by atoms with van der Waals surface area (Å²) in [6.07, 6.45) is 1.17. The van der Waals surface area contributed by atoms with Crippen molar-refractivity contribution >= 4 is 26.0 Å². The van der Waals surface area contributed by atoms with Crippen molar-refractivity contribution in [3.63, 3.8) is 0 Å². The monoisotopic (exact) mass is 671 g/mol. The lowest BCUT2D eigenvalue weighted by molar-refractivity contribution is -0.138. The van der Waals surface area contributed by atoms with E-state index in [1.54, 1.807) is 11.0 Å². The number of ketones is 2. The molecule has 2 rings (SSSR count). The molecule has 7 nitrogen and oxygen atoms in total. The van der Waals surface area contributed by atoms with Crippen molar-refractivity contribution in [1.82, 2.24) is 4.90 Å². The molecule has 0 aliphatic heterocycles. The second kappa shape index (κ2) is 16.4. The van der Waals surface area contributed by atoms with Gasteiger partial charge in [-0.25, -0.2) is 4.79 Å². The van der Waals surface area contributed by atoms with Crippen LogP contribution in [0.3, 0.4) is 0 Å². The molecule has 8 heteroatoms. The Bertz CT molecular complexity index is 1230. The molecule has 8 atom stereocenters. The van der Waals surface area contributed by atoms with Gasteiger partial charge in [-0.05, 0) is 96.0 Å². The number of aliphatic hydroxyl groups excluding tert-OH is 1. The smallest absolute Gasteiger partial charge is 0.410 e. The maximum absolute atomic E-state index is 14.1. The van der Waals surface area contributed by atoms with Crippen LogP contribution in [0.5, 0.6) is 0 Å². The fraction of sp³-hybridized carbons (Fsp3) is 0.718. The second-order valence-corrected chi connectivity index (χ2v) is 21.8. The summed E-state index contributed by atoms with van der Waals surface area (Å²) in [4.78, 5) is 42.9. The fourth-order valence-corrected chi connectivity index (χ4v) is 7.94. The Hall–Kier alpha value is -2.29. The maximum atomic E-state index is 14.1. The molecule has 1 saturated carbocycles. The van der Waals surface area contributed by atoms with Crippen molar-refractivity contribution in [2.45, 2.75) is 144 Å².